The van der Waals surface area contributed by atoms with E-state index in [9.17, 15) is 24.3 Å². The molecule has 240 valence electrons. The molecule has 0 radical (unpaired) electrons. The molecule has 2 unspecified atom stereocenters. The number of carboxylic acid groups (broad SMARTS) is 1. The van der Waals surface area contributed by atoms with Gasteiger partial charge in [-0.3, -0.25) is 14.4 Å². The van der Waals surface area contributed by atoms with Gasteiger partial charge in [-0.15, -0.1) is 0 Å². The van der Waals surface area contributed by atoms with Crippen LogP contribution in [0.15, 0.2) is 115 Å². The number of amides is 2. The van der Waals surface area contributed by atoms with Gasteiger partial charge in [-0.1, -0.05) is 110 Å². The Bertz CT molecular complexity index is 1320. The monoisotopic (exact) mass is 614 g/mol. The van der Waals surface area contributed by atoms with E-state index < -0.39 is 29.3 Å². The van der Waals surface area contributed by atoms with Crippen LogP contribution in [0.2, 0.25) is 0 Å². The highest BCUT2D eigenvalue weighted by Gasteiger charge is 2.44. The third kappa shape index (κ3) is 14.1. The van der Waals surface area contributed by atoms with E-state index in [0.29, 0.717) is 12.0 Å². The summed E-state index contributed by atoms with van der Waals surface area (Å²) in [7, 11) is 0. The molecule has 0 fully saturated rings. The van der Waals surface area contributed by atoms with Crippen LogP contribution in [0.3, 0.4) is 0 Å². The molecular weight excluding hydrogens is 568 g/mol. The lowest BCUT2D eigenvalue weighted by atomic mass is 9.92. The number of carbonyl (C=O) groups excluding carboxylic acids is 3. The minimum Gasteiger partial charge on any atom is -0.480 e. The van der Waals surface area contributed by atoms with Gasteiger partial charge in [0.05, 0.1) is 0 Å². The van der Waals surface area contributed by atoms with E-state index in [1.165, 1.54) is 0 Å². The quantitative estimate of drug-likeness (QED) is 0.143. The molecule has 1 aliphatic rings. The van der Waals surface area contributed by atoms with Gasteiger partial charge in [-0.2, -0.15) is 0 Å². The van der Waals surface area contributed by atoms with Gasteiger partial charge in [0, 0.05) is 24.6 Å². The maximum atomic E-state index is 12.7. The lowest BCUT2D eigenvalue weighted by Gasteiger charge is -2.24. The smallest absolute Gasteiger partial charge is 0.328 e. The predicted molar refractivity (Wildman–Crippen MR) is 178 cm³/mol. The van der Waals surface area contributed by atoms with Crippen molar-refractivity contribution in [3.05, 3.63) is 121 Å². The number of rotatable bonds is 20. The molecule has 0 saturated heterocycles. The molecule has 8 heteroatoms. The number of aliphatic carboxylic acids is 1. The molecular formula is C37H46N2O6. The Hall–Kier alpha value is -4.72. The molecule has 0 bridgehead atoms. The van der Waals surface area contributed by atoms with Gasteiger partial charge < -0.3 is 20.5 Å². The van der Waals surface area contributed by atoms with Gasteiger partial charge in [0.1, 0.15) is 6.04 Å². The van der Waals surface area contributed by atoms with Crippen LogP contribution in [0.5, 0.6) is 0 Å². The van der Waals surface area contributed by atoms with Crippen LogP contribution >= 0.6 is 0 Å². The van der Waals surface area contributed by atoms with Gasteiger partial charge in [0.25, 0.3) is 5.91 Å². The fourth-order valence-corrected chi connectivity index (χ4v) is 4.21. The lowest BCUT2D eigenvalue weighted by Crippen LogP contribution is -2.49. The average Bonchev–Trinajstić information content (AvgIpc) is 3.35. The molecule has 0 aliphatic carbocycles. The van der Waals surface area contributed by atoms with Crippen molar-refractivity contribution in [3.63, 3.8) is 0 Å². The Morgan fingerprint density at radius 2 is 1.33 bits per heavy atom. The van der Waals surface area contributed by atoms with Crippen LogP contribution in [-0.4, -0.2) is 41.3 Å². The first-order chi connectivity index (χ1) is 21.8. The zero-order valence-electron chi connectivity index (χ0n) is 26.3. The second-order valence-electron chi connectivity index (χ2n) is 10.5. The number of carboxylic acids is 1. The van der Waals surface area contributed by atoms with E-state index in [0.717, 1.165) is 44.6 Å². The molecule has 0 aromatic heterocycles. The Morgan fingerprint density at radius 3 is 1.84 bits per heavy atom. The molecule has 1 aromatic rings. The molecule has 1 aliphatic heterocycles. The molecule has 0 spiro atoms. The Labute approximate surface area is 267 Å². The standard InChI is InChI=1S/C37H46N2O6/c1-3-4-5-6-7-8-9-10-11-12-13-14-15-16-17-18-19-20-24-27-34(41)38-29-31(36(43)44)39-35(42)32-28-33(40)37(2,45-32)30-25-22-21-23-26-30/h4-5,7-8,10-11,13-14,16-17,19-23,25-26,28,31H,3,6,9,12,15,18,24,27,29H2,1-2H3,(H,38,41)(H,39,42)(H,43,44)/b5-4-,8-7-,11-10-,14-13-,17-16-,20-19?. The normalized spacial score (nSPS) is 17.6. The van der Waals surface area contributed by atoms with Crippen LogP contribution in [0.25, 0.3) is 0 Å². The van der Waals surface area contributed by atoms with Crippen molar-refractivity contribution in [2.24, 2.45) is 0 Å². The van der Waals surface area contributed by atoms with Crippen molar-refractivity contribution in [2.75, 3.05) is 6.54 Å². The second-order valence-corrected chi connectivity index (χ2v) is 10.5. The SMILES string of the molecule is CC/C=C\C/C=C\C/C=C\C/C=C\C/C=C\CC=CCCC(=O)NCC(NC(=O)C1=CC(=O)C(C)(c2ccccc2)O1)C(=O)O. The van der Waals surface area contributed by atoms with Gasteiger partial charge in [0.2, 0.25) is 11.7 Å². The van der Waals surface area contributed by atoms with Crippen molar-refractivity contribution in [2.45, 2.75) is 76.9 Å². The van der Waals surface area contributed by atoms with Crippen LogP contribution in [0.4, 0.5) is 0 Å². The van der Waals surface area contributed by atoms with E-state index >= 15 is 0 Å². The zero-order chi connectivity index (χ0) is 32.8. The summed E-state index contributed by atoms with van der Waals surface area (Å²) in [4.78, 5) is 49.2. The van der Waals surface area contributed by atoms with Crippen LogP contribution < -0.4 is 10.6 Å². The lowest BCUT2D eigenvalue weighted by molar-refractivity contribution is -0.142. The third-order valence-corrected chi connectivity index (χ3v) is 6.84. The van der Waals surface area contributed by atoms with Gasteiger partial charge in [-0.25, -0.2) is 4.79 Å². The van der Waals surface area contributed by atoms with E-state index in [1.54, 1.807) is 37.3 Å². The number of carbonyl (C=O) groups is 4. The zero-order valence-corrected chi connectivity index (χ0v) is 26.3. The Balaban J connectivity index is 1.60. The van der Waals surface area contributed by atoms with Crippen molar-refractivity contribution >= 4 is 23.6 Å². The first-order valence-corrected chi connectivity index (χ1v) is 15.5. The number of benzene rings is 1. The summed E-state index contributed by atoms with van der Waals surface area (Å²) in [6, 6.07) is 7.32. The molecule has 1 aromatic carbocycles. The fourth-order valence-electron chi connectivity index (χ4n) is 4.21. The molecule has 8 nitrogen and oxygen atoms in total. The van der Waals surface area contributed by atoms with Crippen molar-refractivity contribution in [3.8, 4) is 0 Å². The number of ether oxygens (including phenoxy) is 1. The summed E-state index contributed by atoms with van der Waals surface area (Å²) in [5, 5.41) is 14.4. The largest absolute Gasteiger partial charge is 0.480 e. The number of hydrogen-bond donors (Lipinski definition) is 3. The van der Waals surface area contributed by atoms with Crippen molar-refractivity contribution in [1.29, 1.82) is 0 Å². The minimum atomic E-state index is -1.39. The molecule has 2 atom stereocenters. The summed E-state index contributed by atoms with van der Waals surface area (Å²) >= 11 is 0. The van der Waals surface area contributed by atoms with Gasteiger partial charge in [-0.05, 0) is 51.9 Å². The fraction of sp³-hybridized carbons (Fsp3) is 0.351. The van der Waals surface area contributed by atoms with Crippen LogP contribution in [0.1, 0.15) is 70.8 Å². The van der Waals surface area contributed by atoms with Crippen molar-refractivity contribution < 1.29 is 29.0 Å². The third-order valence-electron chi connectivity index (χ3n) is 6.84. The van der Waals surface area contributed by atoms with E-state index in [2.05, 4.69) is 78.3 Å². The number of nitrogens with one attached hydrogen (secondary N) is 2. The minimum absolute atomic E-state index is 0.181. The summed E-state index contributed by atoms with van der Waals surface area (Å²) in [6.07, 6.45) is 32.7. The summed E-state index contributed by atoms with van der Waals surface area (Å²) in [5.41, 5.74) is -0.801. The molecule has 2 rings (SSSR count). The summed E-state index contributed by atoms with van der Waals surface area (Å²) in [5.74, 6) is -3.20. The topological polar surface area (TPSA) is 122 Å². The van der Waals surface area contributed by atoms with Crippen molar-refractivity contribution in [1.82, 2.24) is 10.6 Å². The second kappa shape index (κ2) is 21.1. The first kappa shape index (κ1) is 36.5. The highest BCUT2D eigenvalue weighted by Crippen LogP contribution is 2.34. The van der Waals surface area contributed by atoms with E-state index in [1.807, 2.05) is 12.2 Å². The van der Waals surface area contributed by atoms with E-state index in [-0.39, 0.29) is 24.6 Å². The van der Waals surface area contributed by atoms with E-state index in [4.69, 9.17) is 4.74 Å². The molecule has 0 saturated carbocycles. The van der Waals surface area contributed by atoms with Crippen LogP contribution in [-0.2, 0) is 29.5 Å². The maximum Gasteiger partial charge on any atom is 0.328 e. The van der Waals surface area contributed by atoms with Gasteiger partial charge >= 0.3 is 5.97 Å². The first-order valence-electron chi connectivity index (χ1n) is 15.5. The average molecular weight is 615 g/mol. The Kier molecular flexibility index (Phi) is 17.1. The maximum absolute atomic E-state index is 12.7. The highest BCUT2D eigenvalue weighted by atomic mass is 16.5. The molecule has 1 heterocycles. The predicted octanol–water partition coefficient (Wildman–Crippen LogP) is 6.55. The number of allylic oxidation sites excluding steroid dienone is 12. The highest BCUT2D eigenvalue weighted by molar-refractivity contribution is 6.08. The van der Waals surface area contributed by atoms with Crippen LogP contribution in [0, 0.1) is 0 Å². The number of hydrogen-bond acceptors (Lipinski definition) is 5. The molecule has 3 N–H and O–H groups in total. The summed E-state index contributed by atoms with van der Waals surface area (Å²) < 4.78 is 5.66. The Morgan fingerprint density at radius 1 is 0.822 bits per heavy atom. The number of ketones is 1. The van der Waals surface area contributed by atoms with Gasteiger partial charge in [0.15, 0.2) is 11.4 Å². The summed E-state index contributed by atoms with van der Waals surface area (Å²) in [6.45, 7) is 3.38. The molecule has 2 amide bonds. The molecule has 45 heavy (non-hydrogen) atoms.